The number of nitrogens with one attached hydrogen (secondary N) is 2. The summed E-state index contributed by atoms with van der Waals surface area (Å²) in [5.41, 5.74) is 3.43. The van der Waals surface area contributed by atoms with Gasteiger partial charge >= 0.3 is 0 Å². The van der Waals surface area contributed by atoms with Gasteiger partial charge in [0.25, 0.3) is 5.91 Å². The molecule has 0 radical (unpaired) electrons. The number of benzene rings is 1. The molecule has 4 rings (SSSR count). The molecule has 4 aromatic rings. The number of aryl methyl sites for hydroxylation is 3. The summed E-state index contributed by atoms with van der Waals surface area (Å²) in [5.74, 6) is 1.73. The molecular weight excluding hydrogens is 464 g/mol. The lowest BCUT2D eigenvalue weighted by Crippen LogP contribution is -2.18. The zero-order valence-electron chi connectivity index (χ0n) is 20.3. The predicted octanol–water partition coefficient (Wildman–Crippen LogP) is 5.78. The molecule has 35 heavy (non-hydrogen) atoms. The number of thiophene rings is 1. The van der Waals surface area contributed by atoms with Crippen LogP contribution >= 0.6 is 11.3 Å². The molecule has 3 heterocycles. The third-order valence-corrected chi connectivity index (χ3v) is 6.66. The minimum absolute atomic E-state index is 0.242. The number of hydrogen-bond donors (Lipinski definition) is 2. The van der Waals surface area contributed by atoms with E-state index in [-0.39, 0.29) is 11.7 Å². The molecule has 9 heteroatoms. The Hall–Kier alpha value is -3.85. The quantitative estimate of drug-likeness (QED) is 0.305. The van der Waals surface area contributed by atoms with E-state index in [2.05, 4.69) is 33.6 Å². The highest BCUT2D eigenvalue weighted by molar-refractivity contribution is 7.16. The average Bonchev–Trinajstić information content (AvgIpc) is 3.52. The van der Waals surface area contributed by atoms with Crippen molar-refractivity contribution < 1.29 is 18.7 Å². The third-order valence-electron chi connectivity index (χ3n) is 5.45. The first kappa shape index (κ1) is 24.3. The van der Waals surface area contributed by atoms with E-state index < -0.39 is 6.04 Å². The van der Waals surface area contributed by atoms with E-state index in [1.165, 1.54) is 17.6 Å². The number of hydrogen-bond acceptors (Lipinski definition) is 8. The van der Waals surface area contributed by atoms with Crippen LogP contribution in [0.25, 0.3) is 0 Å². The fourth-order valence-corrected chi connectivity index (χ4v) is 4.85. The molecule has 3 aromatic heterocycles. The summed E-state index contributed by atoms with van der Waals surface area (Å²) >= 11 is 1.53. The van der Waals surface area contributed by atoms with Crippen LogP contribution < -0.4 is 20.1 Å². The summed E-state index contributed by atoms with van der Waals surface area (Å²) in [4.78, 5) is 23.1. The van der Waals surface area contributed by atoms with Crippen molar-refractivity contribution in [2.24, 2.45) is 0 Å². The molecule has 8 nitrogen and oxygen atoms in total. The average molecular weight is 493 g/mol. The second-order valence-electron chi connectivity index (χ2n) is 7.94. The van der Waals surface area contributed by atoms with Crippen LogP contribution in [0.4, 0.5) is 10.9 Å². The molecule has 0 spiro atoms. The molecular formula is C26H28N4O4S. The van der Waals surface area contributed by atoms with E-state index >= 15 is 0 Å². The summed E-state index contributed by atoms with van der Waals surface area (Å²) in [6.45, 7) is 5.94. The van der Waals surface area contributed by atoms with E-state index in [9.17, 15) is 4.79 Å². The van der Waals surface area contributed by atoms with Gasteiger partial charge in [0.15, 0.2) is 5.76 Å². The van der Waals surface area contributed by atoms with Crippen LogP contribution in [0.5, 0.6) is 11.5 Å². The van der Waals surface area contributed by atoms with E-state index in [0.29, 0.717) is 22.4 Å². The predicted molar refractivity (Wildman–Crippen MR) is 137 cm³/mol. The Balaban J connectivity index is 1.83. The normalized spacial score (nSPS) is 11.7. The molecule has 0 aliphatic rings. The van der Waals surface area contributed by atoms with Gasteiger partial charge in [0.2, 0.25) is 5.95 Å². The fraction of sp³-hybridized carbons (Fsp3) is 0.269. The first-order valence-electron chi connectivity index (χ1n) is 11.2. The summed E-state index contributed by atoms with van der Waals surface area (Å²) in [6.07, 6.45) is 2.30. The number of carbonyl (C=O) groups is 1. The molecule has 1 atom stereocenters. The van der Waals surface area contributed by atoms with Crippen LogP contribution in [-0.2, 0) is 6.42 Å². The van der Waals surface area contributed by atoms with Gasteiger partial charge in [-0.3, -0.25) is 4.79 Å². The molecule has 0 aliphatic carbocycles. The van der Waals surface area contributed by atoms with Crippen molar-refractivity contribution in [1.82, 2.24) is 9.97 Å². The Morgan fingerprint density at radius 3 is 2.46 bits per heavy atom. The second-order valence-corrected chi connectivity index (χ2v) is 9.08. The first-order valence-corrected chi connectivity index (χ1v) is 12.0. The van der Waals surface area contributed by atoms with Gasteiger partial charge in [-0.2, -0.15) is 0 Å². The lowest BCUT2D eigenvalue weighted by atomic mass is 9.98. The molecule has 1 amide bonds. The smallest absolute Gasteiger partial charge is 0.291 e. The zero-order valence-corrected chi connectivity index (χ0v) is 21.2. The largest absolute Gasteiger partial charge is 0.497 e. The monoisotopic (exact) mass is 492 g/mol. The number of carbonyl (C=O) groups excluding carboxylic acids is 1. The van der Waals surface area contributed by atoms with Crippen LogP contribution in [0.3, 0.4) is 0 Å². The lowest BCUT2D eigenvalue weighted by molar-refractivity contribution is 0.0997. The number of methoxy groups -OCH3 is 2. The minimum atomic E-state index is -0.416. The van der Waals surface area contributed by atoms with E-state index in [4.69, 9.17) is 13.9 Å². The van der Waals surface area contributed by atoms with Crippen LogP contribution in [0.1, 0.15) is 50.9 Å². The maximum absolute atomic E-state index is 12.9. The third kappa shape index (κ3) is 5.46. The summed E-state index contributed by atoms with van der Waals surface area (Å²) in [6, 6.07) is 12.6. The zero-order chi connectivity index (χ0) is 24.9. The molecule has 0 aliphatic heterocycles. The summed E-state index contributed by atoms with van der Waals surface area (Å²) in [7, 11) is 3.23. The highest BCUT2D eigenvalue weighted by Crippen LogP contribution is 2.41. The van der Waals surface area contributed by atoms with Gasteiger partial charge in [-0.25, -0.2) is 9.97 Å². The maximum atomic E-state index is 12.9. The van der Waals surface area contributed by atoms with Crippen LogP contribution in [0.2, 0.25) is 0 Å². The van der Waals surface area contributed by atoms with Gasteiger partial charge in [-0.15, -0.1) is 11.3 Å². The van der Waals surface area contributed by atoms with Gasteiger partial charge < -0.3 is 24.5 Å². The molecule has 2 N–H and O–H groups in total. The number of anilines is 2. The van der Waals surface area contributed by atoms with Crippen LogP contribution in [0.15, 0.2) is 53.1 Å². The van der Waals surface area contributed by atoms with Crippen molar-refractivity contribution in [3.8, 4) is 11.5 Å². The molecule has 1 aromatic carbocycles. The molecule has 0 saturated heterocycles. The Kier molecular flexibility index (Phi) is 7.36. The Bertz CT molecular complexity index is 1300. The van der Waals surface area contributed by atoms with Crippen LogP contribution in [-0.4, -0.2) is 30.1 Å². The van der Waals surface area contributed by atoms with Crippen molar-refractivity contribution in [3.05, 3.63) is 81.9 Å². The number of ether oxygens (including phenoxy) is 2. The van der Waals surface area contributed by atoms with E-state index in [0.717, 1.165) is 33.8 Å². The van der Waals surface area contributed by atoms with Crippen molar-refractivity contribution in [2.45, 2.75) is 33.2 Å². The standard InChI is InChI=1S/C26H28N4O4S/c1-6-18-14-20(25(35-18)30-24(31)21-8-7-11-34-21)23(29-26-27-15(2)12-16(3)28-26)19-10-9-17(32-4)13-22(19)33-5/h7-14,23H,6H2,1-5H3,(H,30,31)(H,27,28,29)/t23-/m1/s1. The Labute approximate surface area is 208 Å². The number of amides is 1. The lowest BCUT2D eigenvalue weighted by Gasteiger charge is -2.23. The van der Waals surface area contributed by atoms with E-state index in [1.54, 1.807) is 26.4 Å². The van der Waals surface area contributed by atoms with Gasteiger partial charge in [0.1, 0.15) is 16.5 Å². The second kappa shape index (κ2) is 10.6. The minimum Gasteiger partial charge on any atom is -0.497 e. The van der Waals surface area contributed by atoms with Gasteiger partial charge in [-0.05, 0) is 56.7 Å². The summed E-state index contributed by atoms with van der Waals surface area (Å²) < 4.78 is 16.4. The molecule has 0 saturated carbocycles. The highest BCUT2D eigenvalue weighted by atomic mass is 32.1. The number of aromatic nitrogens is 2. The Morgan fingerprint density at radius 1 is 1.06 bits per heavy atom. The van der Waals surface area contributed by atoms with Gasteiger partial charge in [0.05, 0.1) is 26.5 Å². The van der Waals surface area contributed by atoms with E-state index in [1.807, 2.05) is 38.1 Å². The van der Waals surface area contributed by atoms with Crippen molar-refractivity contribution >= 4 is 28.2 Å². The summed E-state index contributed by atoms with van der Waals surface area (Å²) in [5, 5.41) is 7.22. The fourth-order valence-electron chi connectivity index (χ4n) is 3.82. The molecule has 0 bridgehead atoms. The highest BCUT2D eigenvalue weighted by Gasteiger charge is 2.26. The number of rotatable bonds is 9. The van der Waals surface area contributed by atoms with Gasteiger partial charge in [0, 0.05) is 33.5 Å². The number of nitrogens with zero attached hydrogens (tertiary/aromatic N) is 2. The number of furan rings is 1. The SMILES string of the molecule is CCc1cc([C@H](Nc2nc(C)cc(C)n2)c2ccc(OC)cc2OC)c(NC(=O)c2ccco2)s1. The molecule has 0 fully saturated rings. The topological polar surface area (TPSA) is 98.5 Å². The van der Waals surface area contributed by atoms with Gasteiger partial charge in [-0.1, -0.05) is 6.92 Å². The van der Waals surface area contributed by atoms with Crippen molar-refractivity contribution in [2.75, 3.05) is 24.9 Å². The molecule has 182 valence electrons. The maximum Gasteiger partial charge on any atom is 0.291 e. The van der Waals surface area contributed by atoms with Crippen LogP contribution in [0, 0.1) is 13.8 Å². The Morgan fingerprint density at radius 2 is 1.83 bits per heavy atom. The first-order chi connectivity index (χ1) is 16.9. The van der Waals surface area contributed by atoms with Crippen molar-refractivity contribution in [1.29, 1.82) is 0 Å². The molecule has 0 unspecified atom stereocenters. The van der Waals surface area contributed by atoms with Crippen molar-refractivity contribution in [3.63, 3.8) is 0 Å².